The van der Waals surface area contributed by atoms with Crippen molar-refractivity contribution in [1.82, 2.24) is 0 Å². The Kier molecular flexibility index (Phi) is 2.76. The average molecular weight is 284 g/mol. The number of ketones is 1. The molecule has 1 aromatic carbocycles. The highest BCUT2D eigenvalue weighted by atomic mass is 16.1. The van der Waals surface area contributed by atoms with Crippen LogP contribution in [-0.2, 0) is 0 Å². The lowest BCUT2D eigenvalue weighted by Crippen LogP contribution is -1.97. The first kappa shape index (κ1) is 12.7. The fraction of sp³-hybridized carbons (Fsp3) is 0. The monoisotopic (exact) mass is 284 g/mol. The molecule has 0 amide bonds. The predicted octanol–water partition coefficient (Wildman–Crippen LogP) is 3.78. The number of allylic oxidation sites excluding steroid dienone is 1. The van der Waals surface area contributed by atoms with Gasteiger partial charge in [-0.2, -0.15) is 0 Å². The van der Waals surface area contributed by atoms with E-state index in [0.717, 1.165) is 27.8 Å². The summed E-state index contributed by atoms with van der Waals surface area (Å²) in [6.45, 7) is 0. The minimum atomic E-state index is -0.150. The van der Waals surface area contributed by atoms with Crippen LogP contribution in [0.3, 0.4) is 0 Å². The SMILES string of the molecule is O=C1C=C(c2ccc3cccccc2-3)c2cccc(=O)cc21. The van der Waals surface area contributed by atoms with Gasteiger partial charge in [-0.3, -0.25) is 9.59 Å². The highest BCUT2D eigenvalue weighted by molar-refractivity contribution is 6.19. The summed E-state index contributed by atoms with van der Waals surface area (Å²) in [6, 6.07) is 20.6. The van der Waals surface area contributed by atoms with Crippen LogP contribution in [0.1, 0.15) is 21.5 Å². The Morgan fingerprint density at radius 1 is 0.591 bits per heavy atom. The van der Waals surface area contributed by atoms with E-state index in [0.29, 0.717) is 5.56 Å². The molecule has 0 unspecified atom stereocenters. The van der Waals surface area contributed by atoms with Crippen LogP contribution in [0.5, 0.6) is 0 Å². The van der Waals surface area contributed by atoms with Gasteiger partial charge < -0.3 is 0 Å². The first-order valence-electron chi connectivity index (χ1n) is 7.13. The lowest BCUT2D eigenvalue weighted by Gasteiger charge is -2.04. The molecule has 0 bridgehead atoms. The summed E-state index contributed by atoms with van der Waals surface area (Å²) >= 11 is 0. The first-order chi connectivity index (χ1) is 10.7. The van der Waals surface area contributed by atoms with E-state index < -0.39 is 0 Å². The van der Waals surface area contributed by atoms with E-state index >= 15 is 0 Å². The molecule has 0 saturated carbocycles. The van der Waals surface area contributed by atoms with Gasteiger partial charge in [-0.05, 0) is 46.0 Å². The van der Waals surface area contributed by atoms with Gasteiger partial charge in [0.25, 0.3) is 0 Å². The third kappa shape index (κ3) is 1.89. The van der Waals surface area contributed by atoms with Gasteiger partial charge in [0.15, 0.2) is 11.2 Å². The minimum absolute atomic E-state index is 0.104. The maximum absolute atomic E-state index is 12.2. The number of rotatable bonds is 1. The van der Waals surface area contributed by atoms with Crippen LogP contribution in [0.15, 0.2) is 77.6 Å². The average Bonchev–Trinajstić information content (AvgIpc) is 2.83. The van der Waals surface area contributed by atoms with Gasteiger partial charge in [0.1, 0.15) is 0 Å². The minimum Gasteiger partial charge on any atom is -0.290 e. The van der Waals surface area contributed by atoms with Crippen LogP contribution >= 0.6 is 0 Å². The van der Waals surface area contributed by atoms with Gasteiger partial charge in [0.05, 0.1) is 0 Å². The smallest absolute Gasteiger partial charge is 0.187 e. The van der Waals surface area contributed by atoms with Crippen molar-refractivity contribution in [2.24, 2.45) is 0 Å². The van der Waals surface area contributed by atoms with Crippen molar-refractivity contribution < 1.29 is 4.79 Å². The summed E-state index contributed by atoms with van der Waals surface area (Å²) in [5.74, 6) is -0.104. The Hall–Kier alpha value is -3.00. The Labute approximate surface area is 127 Å². The van der Waals surface area contributed by atoms with E-state index in [9.17, 15) is 9.59 Å². The van der Waals surface area contributed by atoms with Gasteiger partial charge in [-0.25, -0.2) is 0 Å². The Morgan fingerprint density at radius 3 is 2.27 bits per heavy atom. The molecule has 0 radical (unpaired) electrons. The van der Waals surface area contributed by atoms with Crippen molar-refractivity contribution in [1.29, 1.82) is 0 Å². The molecule has 0 N–H and O–H groups in total. The molecule has 2 heteroatoms. The fourth-order valence-electron chi connectivity index (χ4n) is 2.99. The number of carbonyl (C=O) groups excluding carboxylic acids is 1. The zero-order valence-corrected chi connectivity index (χ0v) is 11.7. The zero-order valence-electron chi connectivity index (χ0n) is 11.7. The highest BCUT2D eigenvalue weighted by Crippen LogP contribution is 2.38. The van der Waals surface area contributed by atoms with Gasteiger partial charge in [-0.1, -0.05) is 54.6 Å². The van der Waals surface area contributed by atoms with Crippen molar-refractivity contribution in [3.05, 3.63) is 99.7 Å². The van der Waals surface area contributed by atoms with Crippen molar-refractivity contribution in [3.63, 3.8) is 0 Å². The van der Waals surface area contributed by atoms with E-state index in [2.05, 4.69) is 18.2 Å². The fourth-order valence-corrected chi connectivity index (χ4v) is 2.99. The van der Waals surface area contributed by atoms with E-state index in [1.54, 1.807) is 12.1 Å². The topological polar surface area (TPSA) is 34.1 Å². The van der Waals surface area contributed by atoms with Crippen LogP contribution < -0.4 is 5.43 Å². The van der Waals surface area contributed by atoms with Crippen LogP contribution in [0.2, 0.25) is 0 Å². The summed E-state index contributed by atoms with van der Waals surface area (Å²) < 4.78 is 0. The van der Waals surface area contributed by atoms with E-state index in [-0.39, 0.29) is 11.2 Å². The lowest BCUT2D eigenvalue weighted by atomic mass is 9.98. The molecular weight excluding hydrogens is 272 g/mol. The Bertz CT molecular complexity index is 967. The molecule has 1 aromatic rings. The quantitative estimate of drug-likeness (QED) is 0.681. The Balaban J connectivity index is 1.97. The molecule has 104 valence electrons. The number of fused-ring (bicyclic) bond motifs is 2. The first-order valence-corrected chi connectivity index (χ1v) is 7.13. The summed E-state index contributed by atoms with van der Waals surface area (Å²) in [4.78, 5) is 23.9. The van der Waals surface area contributed by atoms with Crippen molar-refractivity contribution >= 4 is 11.4 Å². The standard InChI is InChI=1S/C20H12O2/c21-14-6-4-8-16-18(12-20(22)19(16)11-14)17-10-9-13-5-2-1-3-7-15(13)17/h1-12H. The van der Waals surface area contributed by atoms with Gasteiger partial charge in [-0.15, -0.1) is 0 Å². The lowest BCUT2D eigenvalue weighted by molar-refractivity contribution is 0.105. The van der Waals surface area contributed by atoms with Crippen LogP contribution in [0, 0.1) is 0 Å². The molecule has 2 nitrogen and oxygen atoms in total. The summed E-state index contributed by atoms with van der Waals surface area (Å²) in [5, 5.41) is 0. The molecule has 0 aliphatic heterocycles. The molecule has 4 rings (SSSR count). The molecule has 3 aliphatic rings. The second-order valence-corrected chi connectivity index (χ2v) is 5.35. The van der Waals surface area contributed by atoms with Gasteiger partial charge >= 0.3 is 0 Å². The second kappa shape index (κ2) is 4.78. The second-order valence-electron chi connectivity index (χ2n) is 5.35. The van der Waals surface area contributed by atoms with Crippen LogP contribution in [-0.4, -0.2) is 5.78 Å². The summed E-state index contributed by atoms with van der Waals surface area (Å²) in [5.41, 5.74) is 5.31. The molecule has 3 aliphatic carbocycles. The summed E-state index contributed by atoms with van der Waals surface area (Å²) in [7, 11) is 0. The molecule has 0 aromatic heterocycles. The van der Waals surface area contributed by atoms with Crippen molar-refractivity contribution in [2.75, 3.05) is 0 Å². The molecule has 0 spiro atoms. The maximum atomic E-state index is 12.2. The third-order valence-corrected chi connectivity index (χ3v) is 4.01. The van der Waals surface area contributed by atoms with E-state index in [4.69, 9.17) is 0 Å². The maximum Gasteiger partial charge on any atom is 0.187 e. The molecule has 0 heterocycles. The Morgan fingerprint density at radius 2 is 1.36 bits per heavy atom. The zero-order chi connectivity index (χ0) is 15.1. The number of hydrogen-bond acceptors (Lipinski definition) is 2. The molecule has 22 heavy (non-hydrogen) atoms. The molecule has 0 atom stereocenters. The van der Waals surface area contributed by atoms with Crippen molar-refractivity contribution in [3.8, 4) is 11.1 Å². The third-order valence-electron chi connectivity index (χ3n) is 4.01. The highest BCUT2D eigenvalue weighted by Gasteiger charge is 2.24. The molecular formula is C20H12O2. The number of carbonyl (C=O) groups is 1. The van der Waals surface area contributed by atoms with Crippen LogP contribution in [0.25, 0.3) is 16.7 Å². The molecule has 0 fully saturated rings. The van der Waals surface area contributed by atoms with Gasteiger partial charge in [0, 0.05) is 5.56 Å². The summed E-state index contributed by atoms with van der Waals surface area (Å²) in [6.07, 6.45) is 1.63. The van der Waals surface area contributed by atoms with E-state index in [1.165, 1.54) is 12.1 Å². The van der Waals surface area contributed by atoms with E-state index in [1.807, 2.05) is 30.3 Å². The van der Waals surface area contributed by atoms with Gasteiger partial charge in [0.2, 0.25) is 0 Å². The van der Waals surface area contributed by atoms with Crippen molar-refractivity contribution in [2.45, 2.75) is 0 Å². The van der Waals surface area contributed by atoms with Crippen LogP contribution in [0.4, 0.5) is 0 Å². The predicted molar refractivity (Wildman–Crippen MR) is 87.2 cm³/mol. The normalized spacial score (nSPS) is 13.1. The largest absolute Gasteiger partial charge is 0.290 e. The molecule has 0 saturated heterocycles. The number of hydrogen-bond donors (Lipinski definition) is 0.